The fourth-order valence-corrected chi connectivity index (χ4v) is 4.55. The number of hydrogen-bond acceptors (Lipinski definition) is 4. The summed E-state index contributed by atoms with van der Waals surface area (Å²) in [6.07, 6.45) is 0. The first-order valence-electron chi connectivity index (χ1n) is 4.43. The summed E-state index contributed by atoms with van der Waals surface area (Å²) in [4.78, 5) is 0. The molecule has 0 atom stereocenters. The number of phosphoric acid groups is 1. The first-order chi connectivity index (χ1) is 5.83. The van der Waals surface area contributed by atoms with Crippen LogP contribution in [0.2, 0.25) is 19.6 Å². The van der Waals surface area contributed by atoms with Crippen LogP contribution in [0.5, 0.6) is 0 Å². The molecule has 0 aliphatic carbocycles. The highest BCUT2D eigenvalue weighted by Crippen LogP contribution is 2.51. The van der Waals surface area contributed by atoms with E-state index >= 15 is 0 Å². The monoisotopic (exact) mass is 226 g/mol. The van der Waals surface area contributed by atoms with Crippen molar-refractivity contribution in [2.24, 2.45) is 0 Å². The molecule has 0 amide bonds. The van der Waals surface area contributed by atoms with Crippen molar-refractivity contribution in [2.75, 3.05) is 13.2 Å². The predicted octanol–water partition coefficient (Wildman–Crippen LogP) is 3.02. The second-order valence-corrected chi connectivity index (χ2v) is 9.85. The third-order valence-electron chi connectivity index (χ3n) is 0.960. The normalized spacial score (nSPS) is 13.3. The Hall–Kier alpha value is 0.327. The standard InChI is InChI=1S/C7H19O4PSi/c1-6-9-12(8,10-7-2)11-13(3,4)5/h6-7H2,1-5H3. The Balaban J connectivity index is 4.33. The molecule has 0 aromatic heterocycles. The first-order valence-corrected chi connectivity index (χ1v) is 9.29. The molecule has 80 valence electrons. The van der Waals surface area contributed by atoms with Crippen LogP contribution in [0.25, 0.3) is 0 Å². The molecular formula is C7H19O4PSi. The van der Waals surface area contributed by atoms with E-state index in [0.717, 1.165) is 0 Å². The van der Waals surface area contributed by atoms with E-state index in [1.54, 1.807) is 13.8 Å². The lowest BCUT2D eigenvalue weighted by molar-refractivity contribution is 0.166. The summed E-state index contributed by atoms with van der Waals surface area (Å²) >= 11 is 0. The van der Waals surface area contributed by atoms with Crippen LogP contribution >= 0.6 is 7.82 Å². The van der Waals surface area contributed by atoms with Gasteiger partial charge in [0.25, 0.3) is 0 Å². The summed E-state index contributed by atoms with van der Waals surface area (Å²) in [5, 5.41) is 0. The maximum Gasteiger partial charge on any atom is 0.464 e. The van der Waals surface area contributed by atoms with Gasteiger partial charge in [-0.2, -0.15) is 0 Å². The molecule has 6 heteroatoms. The van der Waals surface area contributed by atoms with Crippen molar-refractivity contribution in [3.63, 3.8) is 0 Å². The Morgan fingerprint density at radius 3 is 1.69 bits per heavy atom. The van der Waals surface area contributed by atoms with Crippen molar-refractivity contribution in [1.82, 2.24) is 0 Å². The summed E-state index contributed by atoms with van der Waals surface area (Å²) in [6.45, 7) is 10.0. The SMILES string of the molecule is CCOP(=O)(OCC)O[Si](C)(C)C. The molecule has 13 heavy (non-hydrogen) atoms. The Labute approximate surface area is 81.3 Å². The van der Waals surface area contributed by atoms with E-state index < -0.39 is 16.1 Å². The zero-order valence-electron chi connectivity index (χ0n) is 8.99. The zero-order chi connectivity index (χ0) is 10.5. The maximum atomic E-state index is 11.8. The molecule has 0 rings (SSSR count). The van der Waals surface area contributed by atoms with Gasteiger partial charge in [0.1, 0.15) is 0 Å². The molecule has 0 radical (unpaired) electrons. The van der Waals surface area contributed by atoms with E-state index in [4.69, 9.17) is 13.3 Å². The molecule has 0 N–H and O–H groups in total. The van der Waals surface area contributed by atoms with Crippen molar-refractivity contribution >= 4 is 16.1 Å². The highest BCUT2D eigenvalue weighted by molar-refractivity contribution is 7.50. The molecule has 0 bridgehead atoms. The molecule has 0 heterocycles. The van der Waals surface area contributed by atoms with Gasteiger partial charge in [0.05, 0.1) is 13.2 Å². The van der Waals surface area contributed by atoms with Crippen LogP contribution < -0.4 is 0 Å². The molecular weight excluding hydrogens is 207 g/mol. The minimum absolute atomic E-state index is 0.335. The fourth-order valence-electron chi connectivity index (χ4n) is 0.742. The summed E-state index contributed by atoms with van der Waals surface area (Å²) in [5.74, 6) is 0. The molecule has 4 nitrogen and oxygen atoms in total. The van der Waals surface area contributed by atoms with Crippen LogP contribution in [0.3, 0.4) is 0 Å². The van der Waals surface area contributed by atoms with Crippen LogP contribution in [0.15, 0.2) is 0 Å². The minimum atomic E-state index is -3.28. The summed E-state index contributed by atoms with van der Waals surface area (Å²) in [5.41, 5.74) is 0. The van der Waals surface area contributed by atoms with Gasteiger partial charge in [-0.3, -0.25) is 9.05 Å². The van der Waals surface area contributed by atoms with E-state index in [0.29, 0.717) is 13.2 Å². The molecule has 0 aliphatic rings. The molecule has 0 saturated heterocycles. The molecule has 0 spiro atoms. The summed E-state index contributed by atoms with van der Waals surface area (Å²) in [6, 6.07) is 0. The average Bonchev–Trinajstić information content (AvgIpc) is 1.82. The lowest BCUT2D eigenvalue weighted by atomic mass is 10.9. The van der Waals surface area contributed by atoms with Crippen molar-refractivity contribution < 1.29 is 17.8 Å². The van der Waals surface area contributed by atoms with E-state index in [9.17, 15) is 4.57 Å². The summed E-state index contributed by atoms with van der Waals surface area (Å²) in [7, 11) is -5.16. The van der Waals surface area contributed by atoms with Gasteiger partial charge in [-0.1, -0.05) is 0 Å². The average molecular weight is 226 g/mol. The Kier molecular flexibility index (Phi) is 5.40. The van der Waals surface area contributed by atoms with Gasteiger partial charge in [0, 0.05) is 0 Å². The van der Waals surface area contributed by atoms with Crippen molar-refractivity contribution in [3.05, 3.63) is 0 Å². The lowest BCUT2D eigenvalue weighted by Crippen LogP contribution is -2.24. The number of hydrogen-bond donors (Lipinski definition) is 0. The quantitative estimate of drug-likeness (QED) is 0.516. The van der Waals surface area contributed by atoms with Gasteiger partial charge in [-0.15, -0.1) is 0 Å². The summed E-state index contributed by atoms with van der Waals surface area (Å²) < 4.78 is 27.1. The van der Waals surface area contributed by atoms with Gasteiger partial charge in [-0.05, 0) is 33.5 Å². The van der Waals surface area contributed by atoms with Crippen LogP contribution in [0, 0.1) is 0 Å². The van der Waals surface area contributed by atoms with Crippen LogP contribution in [-0.2, 0) is 17.8 Å². The Morgan fingerprint density at radius 2 is 1.46 bits per heavy atom. The Morgan fingerprint density at radius 1 is 1.08 bits per heavy atom. The van der Waals surface area contributed by atoms with E-state index in [1.165, 1.54) is 0 Å². The van der Waals surface area contributed by atoms with E-state index in [2.05, 4.69) is 0 Å². The second-order valence-electron chi connectivity index (χ2n) is 3.49. The minimum Gasteiger partial charge on any atom is -0.330 e. The van der Waals surface area contributed by atoms with Gasteiger partial charge in [0.15, 0.2) is 8.32 Å². The highest BCUT2D eigenvalue weighted by Gasteiger charge is 2.32. The third kappa shape index (κ3) is 6.40. The smallest absolute Gasteiger partial charge is 0.330 e. The van der Waals surface area contributed by atoms with Crippen LogP contribution in [-0.4, -0.2) is 21.5 Å². The van der Waals surface area contributed by atoms with Gasteiger partial charge in [0.2, 0.25) is 0 Å². The van der Waals surface area contributed by atoms with Gasteiger partial charge >= 0.3 is 7.82 Å². The van der Waals surface area contributed by atoms with Crippen molar-refractivity contribution in [2.45, 2.75) is 33.5 Å². The second kappa shape index (κ2) is 5.27. The molecule has 0 aromatic rings. The molecule has 0 saturated carbocycles. The molecule has 0 unspecified atom stereocenters. The molecule has 0 aromatic carbocycles. The maximum absolute atomic E-state index is 11.8. The predicted molar refractivity (Wildman–Crippen MR) is 55.3 cm³/mol. The number of phosphoric ester groups is 1. The third-order valence-corrected chi connectivity index (χ3v) is 5.19. The lowest BCUT2D eigenvalue weighted by Gasteiger charge is -2.24. The van der Waals surface area contributed by atoms with Crippen molar-refractivity contribution in [3.8, 4) is 0 Å². The first kappa shape index (κ1) is 13.3. The number of rotatable bonds is 6. The Bertz CT molecular complexity index is 179. The topological polar surface area (TPSA) is 44.8 Å². The van der Waals surface area contributed by atoms with Crippen LogP contribution in [0.4, 0.5) is 0 Å². The van der Waals surface area contributed by atoms with Gasteiger partial charge < -0.3 is 4.21 Å². The highest BCUT2D eigenvalue weighted by atomic mass is 31.2. The van der Waals surface area contributed by atoms with Gasteiger partial charge in [-0.25, -0.2) is 4.57 Å². The molecule has 0 aliphatic heterocycles. The largest absolute Gasteiger partial charge is 0.464 e. The zero-order valence-corrected chi connectivity index (χ0v) is 10.9. The van der Waals surface area contributed by atoms with E-state index in [1.807, 2.05) is 19.6 Å². The van der Waals surface area contributed by atoms with Crippen molar-refractivity contribution in [1.29, 1.82) is 0 Å². The van der Waals surface area contributed by atoms with Crippen LogP contribution in [0.1, 0.15) is 13.8 Å². The molecule has 0 fully saturated rings. The fraction of sp³-hybridized carbons (Fsp3) is 1.00. The van der Waals surface area contributed by atoms with E-state index in [-0.39, 0.29) is 0 Å².